The zero-order chi connectivity index (χ0) is 22.0. The van der Waals surface area contributed by atoms with Crippen molar-refractivity contribution in [2.24, 2.45) is 0 Å². The molecule has 5 nitrogen and oxygen atoms in total. The molecule has 1 aliphatic heterocycles. The fourth-order valence-electron chi connectivity index (χ4n) is 4.26. The summed E-state index contributed by atoms with van der Waals surface area (Å²) in [6, 6.07) is 14.9. The van der Waals surface area contributed by atoms with Gasteiger partial charge in [-0.3, -0.25) is 9.69 Å². The van der Waals surface area contributed by atoms with Gasteiger partial charge in [-0.1, -0.05) is 47.1 Å². The number of amides is 1. The van der Waals surface area contributed by atoms with Gasteiger partial charge >= 0.3 is 0 Å². The van der Waals surface area contributed by atoms with Crippen LogP contribution in [0.4, 0.5) is 0 Å². The molecule has 1 amide bonds. The highest BCUT2D eigenvalue weighted by Crippen LogP contribution is 2.26. The summed E-state index contributed by atoms with van der Waals surface area (Å²) in [5.41, 5.74) is 5.82. The van der Waals surface area contributed by atoms with Crippen LogP contribution >= 0.6 is 11.6 Å². The van der Waals surface area contributed by atoms with Crippen molar-refractivity contribution in [2.75, 3.05) is 13.1 Å². The van der Waals surface area contributed by atoms with Crippen molar-refractivity contribution in [3.63, 3.8) is 0 Å². The Bertz CT molecular complexity index is 1070. The molecule has 1 aliphatic rings. The normalized spacial score (nSPS) is 17.0. The summed E-state index contributed by atoms with van der Waals surface area (Å²) in [7, 11) is 0. The molecule has 0 spiro atoms. The van der Waals surface area contributed by atoms with Gasteiger partial charge in [-0.05, 0) is 74.5 Å². The minimum Gasteiger partial charge on any atom is -0.361 e. The topological polar surface area (TPSA) is 58.4 Å². The number of benzene rings is 2. The van der Waals surface area contributed by atoms with Gasteiger partial charge in [0, 0.05) is 24.2 Å². The third-order valence-corrected chi connectivity index (χ3v) is 6.35. The molecule has 31 heavy (non-hydrogen) atoms. The van der Waals surface area contributed by atoms with Crippen molar-refractivity contribution in [3.05, 3.63) is 75.6 Å². The van der Waals surface area contributed by atoms with E-state index in [4.69, 9.17) is 16.1 Å². The number of carbonyl (C=O) groups is 1. The fourth-order valence-corrected chi connectivity index (χ4v) is 4.44. The highest BCUT2D eigenvalue weighted by atomic mass is 35.5. The van der Waals surface area contributed by atoms with Crippen LogP contribution < -0.4 is 5.32 Å². The van der Waals surface area contributed by atoms with Crippen molar-refractivity contribution in [1.29, 1.82) is 0 Å². The minimum atomic E-state index is -0.0960. The fraction of sp³-hybridized carbons (Fsp3) is 0.360. The zero-order valence-electron chi connectivity index (χ0n) is 18.2. The number of likely N-dealkylation sites (tertiary alicyclic amines) is 1. The van der Waals surface area contributed by atoms with Gasteiger partial charge in [0.2, 0.25) is 0 Å². The number of piperidine rings is 1. The van der Waals surface area contributed by atoms with Crippen LogP contribution in [0.15, 0.2) is 47.0 Å². The molecule has 0 radical (unpaired) electrons. The maximum atomic E-state index is 12.7. The average molecular weight is 438 g/mol. The zero-order valence-corrected chi connectivity index (χ0v) is 19.0. The summed E-state index contributed by atoms with van der Waals surface area (Å²) in [6.45, 7) is 8.29. The molecule has 1 fully saturated rings. The first kappa shape index (κ1) is 21.6. The number of rotatable bonds is 5. The van der Waals surface area contributed by atoms with Crippen molar-refractivity contribution in [3.8, 4) is 11.1 Å². The first-order valence-corrected chi connectivity index (χ1v) is 11.1. The molecule has 1 unspecified atom stereocenters. The molecule has 1 N–H and O–H groups in total. The molecule has 1 aromatic heterocycles. The average Bonchev–Trinajstić information content (AvgIpc) is 3.08. The molecule has 1 atom stereocenters. The van der Waals surface area contributed by atoms with Gasteiger partial charge in [-0.15, -0.1) is 0 Å². The minimum absolute atomic E-state index is 0.0960. The largest absolute Gasteiger partial charge is 0.361 e. The van der Waals surface area contributed by atoms with E-state index in [2.05, 4.69) is 51.8 Å². The Balaban J connectivity index is 1.41. The summed E-state index contributed by atoms with van der Waals surface area (Å²) in [6.07, 6.45) is 2.04. The van der Waals surface area contributed by atoms with E-state index in [-0.39, 0.29) is 11.9 Å². The second-order valence-electron chi connectivity index (χ2n) is 8.41. The van der Waals surface area contributed by atoms with Crippen molar-refractivity contribution < 1.29 is 9.32 Å². The van der Waals surface area contributed by atoms with Crippen LogP contribution in [0.1, 0.15) is 45.8 Å². The maximum Gasteiger partial charge on any atom is 0.257 e. The molecular weight excluding hydrogens is 410 g/mol. The first-order valence-electron chi connectivity index (χ1n) is 10.7. The molecule has 162 valence electrons. The Morgan fingerprint density at radius 3 is 2.74 bits per heavy atom. The summed E-state index contributed by atoms with van der Waals surface area (Å²) < 4.78 is 5.14. The van der Waals surface area contributed by atoms with E-state index in [1.807, 2.05) is 13.0 Å². The van der Waals surface area contributed by atoms with Crippen LogP contribution in [-0.4, -0.2) is 35.1 Å². The molecule has 6 heteroatoms. The first-order chi connectivity index (χ1) is 14.9. The van der Waals surface area contributed by atoms with Crippen LogP contribution in [0.25, 0.3) is 11.1 Å². The smallest absolute Gasteiger partial charge is 0.257 e. The second-order valence-corrected chi connectivity index (χ2v) is 8.82. The standard InChI is InChI=1S/C25H28ClN3O2/c1-16-9-10-21(13-23(16)26)20-7-4-6-19(12-20)14-29-11-5-8-22(15-29)27-25(30)24-17(2)28-31-18(24)3/h4,6-7,9-10,12-13,22H,5,8,11,14-15H2,1-3H3,(H,27,30). The summed E-state index contributed by atoms with van der Waals surface area (Å²) in [5.74, 6) is 0.469. The van der Waals surface area contributed by atoms with E-state index in [9.17, 15) is 4.79 Å². The Morgan fingerprint density at radius 2 is 2.00 bits per heavy atom. The number of nitrogens with one attached hydrogen (secondary N) is 1. The Kier molecular flexibility index (Phi) is 6.44. The van der Waals surface area contributed by atoms with Gasteiger partial charge in [-0.25, -0.2) is 0 Å². The maximum absolute atomic E-state index is 12.7. The van der Waals surface area contributed by atoms with E-state index >= 15 is 0 Å². The van der Waals surface area contributed by atoms with Gasteiger partial charge in [0.25, 0.3) is 5.91 Å². The third-order valence-electron chi connectivity index (χ3n) is 5.94. The van der Waals surface area contributed by atoms with Gasteiger partial charge in [0.05, 0.1) is 5.69 Å². The van der Waals surface area contributed by atoms with Crippen LogP contribution in [-0.2, 0) is 6.54 Å². The Labute approximate surface area is 188 Å². The predicted molar refractivity (Wildman–Crippen MR) is 123 cm³/mol. The monoisotopic (exact) mass is 437 g/mol. The number of aromatic nitrogens is 1. The van der Waals surface area contributed by atoms with E-state index in [1.54, 1.807) is 13.8 Å². The number of halogens is 1. The number of carbonyl (C=O) groups excluding carboxylic acids is 1. The molecular formula is C25H28ClN3O2. The number of hydrogen-bond donors (Lipinski definition) is 1. The highest BCUT2D eigenvalue weighted by Gasteiger charge is 2.25. The molecule has 0 bridgehead atoms. The van der Waals surface area contributed by atoms with Gasteiger partial charge in [0.1, 0.15) is 11.3 Å². The van der Waals surface area contributed by atoms with Crippen molar-refractivity contribution >= 4 is 17.5 Å². The van der Waals surface area contributed by atoms with E-state index in [1.165, 1.54) is 11.1 Å². The summed E-state index contributed by atoms with van der Waals surface area (Å²) in [5, 5.41) is 7.85. The van der Waals surface area contributed by atoms with Gasteiger partial charge < -0.3 is 9.84 Å². The van der Waals surface area contributed by atoms with Crippen LogP contribution in [0.3, 0.4) is 0 Å². The molecule has 2 aromatic carbocycles. The molecule has 4 rings (SSSR count). The third kappa shape index (κ3) is 5.00. The predicted octanol–water partition coefficient (Wildman–Crippen LogP) is 5.31. The van der Waals surface area contributed by atoms with Gasteiger partial charge in [-0.2, -0.15) is 0 Å². The lowest BCUT2D eigenvalue weighted by Crippen LogP contribution is -2.47. The van der Waals surface area contributed by atoms with E-state index in [0.717, 1.165) is 48.6 Å². The molecule has 0 aliphatic carbocycles. The summed E-state index contributed by atoms with van der Waals surface area (Å²) in [4.78, 5) is 15.1. The Morgan fingerprint density at radius 1 is 1.19 bits per heavy atom. The number of aryl methyl sites for hydroxylation is 3. The summed E-state index contributed by atoms with van der Waals surface area (Å²) >= 11 is 6.32. The lowest BCUT2D eigenvalue weighted by Gasteiger charge is -2.33. The van der Waals surface area contributed by atoms with Crippen LogP contribution in [0.5, 0.6) is 0 Å². The SMILES string of the molecule is Cc1ccc(-c2cccc(CN3CCCC(NC(=O)c4c(C)noc4C)C3)c2)cc1Cl. The molecule has 1 saturated heterocycles. The molecule has 3 aromatic rings. The van der Waals surface area contributed by atoms with Crippen LogP contribution in [0.2, 0.25) is 5.02 Å². The highest BCUT2D eigenvalue weighted by molar-refractivity contribution is 6.31. The number of hydrogen-bond acceptors (Lipinski definition) is 4. The second kappa shape index (κ2) is 9.25. The molecule has 2 heterocycles. The Hall–Kier alpha value is -2.63. The van der Waals surface area contributed by atoms with Crippen LogP contribution in [0, 0.1) is 20.8 Å². The number of nitrogens with zero attached hydrogens (tertiary/aromatic N) is 2. The van der Waals surface area contributed by atoms with Crippen molar-refractivity contribution in [2.45, 2.75) is 46.2 Å². The lowest BCUT2D eigenvalue weighted by atomic mass is 10.0. The molecule has 0 saturated carbocycles. The van der Waals surface area contributed by atoms with E-state index < -0.39 is 0 Å². The lowest BCUT2D eigenvalue weighted by molar-refractivity contribution is 0.0899. The van der Waals surface area contributed by atoms with Crippen molar-refractivity contribution in [1.82, 2.24) is 15.4 Å². The quantitative estimate of drug-likeness (QED) is 0.587. The van der Waals surface area contributed by atoms with Gasteiger partial charge in [0.15, 0.2) is 0 Å². The van der Waals surface area contributed by atoms with E-state index in [0.29, 0.717) is 17.0 Å².